The van der Waals surface area contributed by atoms with Crippen LogP contribution < -0.4 is 10.7 Å². The summed E-state index contributed by atoms with van der Waals surface area (Å²) in [5, 5.41) is 7.14. The zero-order chi connectivity index (χ0) is 22.5. The molecule has 1 aromatic heterocycles. The van der Waals surface area contributed by atoms with Crippen LogP contribution in [0.4, 0.5) is 0 Å². The van der Waals surface area contributed by atoms with Crippen LogP contribution >= 0.6 is 0 Å². The molecule has 1 N–H and O–H groups in total. The fraction of sp³-hybridized carbons (Fsp3) is 0.500. The number of aryl methyl sites for hydroxylation is 1. The van der Waals surface area contributed by atoms with Crippen molar-refractivity contribution in [3.05, 3.63) is 58.0 Å². The Labute approximate surface area is 188 Å². The van der Waals surface area contributed by atoms with Crippen molar-refractivity contribution in [3.63, 3.8) is 0 Å². The van der Waals surface area contributed by atoms with Crippen molar-refractivity contribution in [1.82, 2.24) is 24.9 Å². The Bertz CT molecular complexity index is 1010. The lowest BCUT2D eigenvalue weighted by molar-refractivity contribution is -0.137. The second kappa shape index (κ2) is 10.1. The lowest BCUT2D eigenvalue weighted by Gasteiger charge is -2.36. The number of hydrogen-bond acceptors (Lipinski definition) is 5. The van der Waals surface area contributed by atoms with E-state index in [1.165, 1.54) is 18.9 Å². The molecule has 2 aromatic rings. The Hall–Kier alpha value is -3.00. The van der Waals surface area contributed by atoms with Gasteiger partial charge in [-0.25, -0.2) is 4.68 Å². The van der Waals surface area contributed by atoms with Crippen molar-refractivity contribution in [2.24, 2.45) is 5.92 Å². The first-order valence-electron chi connectivity index (χ1n) is 11.5. The quantitative estimate of drug-likeness (QED) is 0.742. The summed E-state index contributed by atoms with van der Waals surface area (Å²) in [5.74, 6) is 0.0769. The van der Waals surface area contributed by atoms with E-state index in [1.807, 2.05) is 35.2 Å². The zero-order valence-electron chi connectivity index (χ0n) is 18.6. The number of hydrogen-bond donors (Lipinski definition) is 1. The summed E-state index contributed by atoms with van der Waals surface area (Å²) in [7, 11) is 0. The van der Waals surface area contributed by atoms with Crippen LogP contribution in [-0.4, -0.2) is 70.7 Å². The van der Waals surface area contributed by atoms with Gasteiger partial charge < -0.3 is 10.2 Å². The Morgan fingerprint density at radius 1 is 1.06 bits per heavy atom. The van der Waals surface area contributed by atoms with Crippen molar-refractivity contribution in [1.29, 1.82) is 0 Å². The van der Waals surface area contributed by atoms with E-state index in [4.69, 9.17) is 0 Å². The fourth-order valence-electron chi connectivity index (χ4n) is 4.57. The molecular weight excluding hydrogens is 406 g/mol. The van der Waals surface area contributed by atoms with Crippen LogP contribution in [0.5, 0.6) is 0 Å². The normalized spacial score (nSPS) is 17.5. The van der Waals surface area contributed by atoms with Gasteiger partial charge in [0.1, 0.15) is 0 Å². The first-order valence-corrected chi connectivity index (χ1v) is 11.5. The van der Waals surface area contributed by atoms with Gasteiger partial charge in [0.2, 0.25) is 11.3 Å². The van der Waals surface area contributed by atoms with Crippen LogP contribution in [0, 0.1) is 12.8 Å². The first kappa shape index (κ1) is 22.2. The maximum absolute atomic E-state index is 12.6. The molecule has 8 heteroatoms. The summed E-state index contributed by atoms with van der Waals surface area (Å²) in [6.45, 7) is 5.98. The van der Waals surface area contributed by atoms with Gasteiger partial charge in [-0.1, -0.05) is 31.0 Å². The number of benzene rings is 1. The number of aromatic nitrogens is 2. The molecule has 0 unspecified atom stereocenters. The summed E-state index contributed by atoms with van der Waals surface area (Å²) < 4.78 is 1.61. The molecule has 2 heterocycles. The van der Waals surface area contributed by atoms with Crippen molar-refractivity contribution in [3.8, 4) is 5.69 Å². The summed E-state index contributed by atoms with van der Waals surface area (Å²) >= 11 is 0. The Balaban J connectivity index is 1.28. The lowest BCUT2D eigenvalue weighted by atomic mass is 10.1. The summed E-state index contributed by atoms with van der Waals surface area (Å²) in [4.78, 5) is 41.8. The smallest absolute Gasteiger partial charge is 0.275 e. The van der Waals surface area contributed by atoms with E-state index >= 15 is 0 Å². The highest BCUT2D eigenvalue weighted by Gasteiger charge is 2.29. The molecule has 0 bridgehead atoms. The van der Waals surface area contributed by atoms with E-state index in [0.717, 1.165) is 44.7 Å². The third-order valence-electron chi connectivity index (χ3n) is 6.43. The van der Waals surface area contributed by atoms with E-state index < -0.39 is 5.91 Å². The second-order valence-corrected chi connectivity index (χ2v) is 8.65. The van der Waals surface area contributed by atoms with Gasteiger partial charge in [0.15, 0.2) is 5.69 Å². The van der Waals surface area contributed by atoms with Crippen LogP contribution in [0.25, 0.3) is 5.69 Å². The average Bonchev–Trinajstić information content (AvgIpc) is 3.35. The monoisotopic (exact) mass is 437 g/mol. The highest BCUT2D eigenvalue weighted by molar-refractivity contribution is 5.92. The first-order chi connectivity index (χ1) is 15.5. The molecule has 2 amide bonds. The third kappa shape index (κ3) is 5.07. The SMILES string of the molecule is Cc1cc(=O)c(C(=O)NCCN2CCN(C(=O)C3CCCC3)CC2)nn1-c1ccccc1. The van der Waals surface area contributed by atoms with E-state index in [9.17, 15) is 14.4 Å². The molecule has 2 fully saturated rings. The minimum absolute atomic E-state index is 0.105. The highest BCUT2D eigenvalue weighted by atomic mass is 16.2. The van der Waals surface area contributed by atoms with Gasteiger partial charge in [-0.2, -0.15) is 5.10 Å². The van der Waals surface area contributed by atoms with E-state index in [0.29, 0.717) is 24.7 Å². The second-order valence-electron chi connectivity index (χ2n) is 8.65. The summed E-state index contributed by atoms with van der Waals surface area (Å²) in [6.07, 6.45) is 4.40. The average molecular weight is 438 g/mol. The van der Waals surface area contributed by atoms with Crippen LogP contribution in [0.1, 0.15) is 41.9 Å². The Morgan fingerprint density at radius 3 is 2.44 bits per heavy atom. The molecule has 8 nitrogen and oxygen atoms in total. The number of nitrogens with zero attached hydrogens (tertiary/aromatic N) is 4. The predicted octanol–water partition coefficient (Wildman–Crippen LogP) is 1.61. The number of para-hydroxylation sites is 1. The van der Waals surface area contributed by atoms with E-state index in [2.05, 4.69) is 15.3 Å². The highest BCUT2D eigenvalue weighted by Crippen LogP contribution is 2.26. The molecule has 1 aromatic carbocycles. The number of rotatable bonds is 6. The van der Waals surface area contributed by atoms with Crippen molar-refractivity contribution < 1.29 is 9.59 Å². The van der Waals surface area contributed by atoms with Gasteiger partial charge in [0.25, 0.3) is 5.91 Å². The minimum Gasteiger partial charge on any atom is -0.349 e. The van der Waals surface area contributed by atoms with Gasteiger partial charge in [0, 0.05) is 56.9 Å². The molecule has 170 valence electrons. The fourth-order valence-corrected chi connectivity index (χ4v) is 4.57. The number of amides is 2. The van der Waals surface area contributed by atoms with Gasteiger partial charge in [-0.15, -0.1) is 0 Å². The molecule has 0 atom stereocenters. The molecule has 32 heavy (non-hydrogen) atoms. The molecular formula is C24H31N5O3. The van der Waals surface area contributed by atoms with Crippen molar-refractivity contribution in [2.45, 2.75) is 32.6 Å². The molecule has 1 saturated heterocycles. The van der Waals surface area contributed by atoms with Gasteiger partial charge in [0.05, 0.1) is 5.69 Å². The van der Waals surface area contributed by atoms with Crippen LogP contribution in [0.3, 0.4) is 0 Å². The minimum atomic E-state index is -0.463. The summed E-state index contributed by atoms with van der Waals surface area (Å²) in [5.41, 5.74) is 0.976. The third-order valence-corrected chi connectivity index (χ3v) is 6.43. The largest absolute Gasteiger partial charge is 0.349 e. The number of carbonyl (C=O) groups is 2. The standard InChI is InChI=1S/C24H31N5O3/c1-18-17-21(30)22(26-29(18)20-9-3-2-4-10-20)23(31)25-11-12-27-13-15-28(16-14-27)24(32)19-7-5-6-8-19/h2-4,9-10,17,19H,5-8,11-16H2,1H3,(H,25,31). The molecule has 1 aliphatic carbocycles. The van der Waals surface area contributed by atoms with Crippen molar-refractivity contribution >= 4 is 11.8 Å². The maximum atomic E-state index is 12.6. The van der Waals surface area contributed by atoms with Crippen LogP contribution in [-0.2, 0) is 4.79 Å². The van der Waals surface area contributed by atoms with Gasteiger partial charge in [-0.05, 0) is 31.9 Å². The van der Waals surface area contributed by atoms with Gasteiger partial charge >= 0.3 is 0 Å². The molecule has 2 aliphatic rings. The zero-order valence-corrected chi connectivity index (χ0v) is 18.6. The topological polar surface area (TPSA) is 87.5 Å². The number of nitrogens with one attached hydrogen (secondary N) is 1. The predicted molar refractivity (Wildman–Crippen MR) is 122 cm³/mol. The molecule has 1 saturated carbocycles. The van der Waals surface area contributed by atoms with Crippen LogP contribution in [0.15, 0.2) is 41.2 Å². The number of piperazine rings is 1. The Kier molecular flexibility index (Phi) is 6.99. The van der Waals surface area contributed by atoms with E-state index in [-0.39, 0.29) is 17.0 Å². The number of carbonyl (C=O) groups excluding carboxylic acids is 2. The van der Waals surface area contributed by atoms with E-state index in [1.54, 1.807) is 11.6 Å². The maximum Gasteiger partial charge on any atom is 0.275 e. The van der Waals surface area contributed by atoms with Gasteiger partial charge in [-0.3, -0.25) is 19.3 Å². The molecule has 4 rings (SSSR count). The molecule has 0 spiro atoms. The lowest BCUT2D eigenvalue weighted by Crippen LogP contribution is -2.51. The molecule has 0 radical (unpaired) electrons. The van der Waals surface area contributed by atoms with Crippen LogP contribution in [0.2, 0.25) is 0 Å². The van der Waals surface area contributed by atoms with Crippen molar-refractivity contribution in [2.75, 3.05) is 39.3 Å². The molecule has 1 aliphatic heterocycles. The Morgan fingerprint density at radius 2 is 1.75 bits per heavy atom. The summed E-state index contributed by atoms with van der Waals surface area (Å²) in [6, 6.07) is 10.9.